The molecule has 0 heterocycles. The zero-order valence-electron chi connectivity index (χ0n) is 18.0. The first-order valence-electron chi connectivity index (χ1n) is 10.2. The molecule has 0 aromatic heterocycles. The van der Waals surface area contributed by atoms with Gasteiger partial charge in [0.25, 0.3) is 11.3 Å². The van der Waals surface area contributed by atoms with Gasteiger partial charge in [-0.3, -0.25) is 14.9 Å². The van der Waals surface area contributed by atoms with E-state index in [1.54, 1.807) is 5.32 Å². The summed E-state index contributed by atoms with van der Waals surface area (Å²) in [5.74, 6) is -2.12. The van der Waals surface area contributed by atoms with Crippen LogP contribution in [0.4, 0.5) is 36.4 Å². The molecule has 1 unspecified atom stereocenters. The van der Waals surface area contributed by atoms with Crippen LogP contribution in [0, 0.1) is 15.9 Å². The zero-order valence-corrected chi connectivity index (χ0v) is 18.0. The van der Waals surface area contributed by atoms with Gasteiger partial charge in [-0.2, -0.15) is 26.3 Å². The summed E-state index contributed by atoms with van der Waals surface area (Å²) in [5, 5.41) is 22.6. The molecule has 3 rings (SSSR count). The molecular formula is C23H17F7N2O4. The summed E-state index contributed by atoms with van der Waals surface area (Å²) in [5.41, 5.74) is -9.30. The number of benzene rings is 2. The molecule has 36 heavy (non-hydrogen) atoms. The van der Waals surface area contributed by atoms with Crippen LogP contribution in [0.3, 0.4) is 0 Å². The third-order valence-electron chi connectivity index (χ3n) is 5.72. The van der Waals surface area contributed by atoms with Crippen molar-refractivity contribution in [3.63, 3.8) is 0 Å². The number of halogens is 7. The highest BCUT2D eigenvalue weighted by Gasteiger charge is 2.79. The van der Waals surface area contributed by atoms with Gasteiger partial charge in [-0.15, -0.1) is 0 Å². The topological polar surface area (TPSA) is 92.5 Å². The van der Waals surface area contributed by atoms with Gasteiger partial charge < -0.3 is 10.4 Å². The third-order valence-corrected chi connectivity index (χ3v) is 5.72. The first-order valence-corrected chi connectivity index (χ1v) is 10.2. The number of non-ortho nitro benzene ring substituents is 1. The normalized spacial score (nSPS) is 18.5. The van der Waals surface area contributed by atoms with Crippen molar-refractivity contribution < 1.29 is 45.6 Å². The SMILES string of the molecule is O=C(Cc1ccc([N+](=O)[O-])cc1)NC1(C(O)(C(F)(F)F)C(F)(F)F)C=CC(c2ccccc2F)=CC1. The van der Waals surface area contributed by atoms with Gasteiger partial charge in [0, 0.05) is 17.7 Å². The summed E-state index contributed by atoms with van der Waals surface area (Å²) in [6.45, 7) is 0. The Hall–Kier alpha value is -3.74. The van der Waals surface area contributed by atoms with Crippen LogP contribution < -0.4 is 5.32 Å². The van der Waals surface area contributed by atoms with Gasteiger partial charge in [0.2, 0.25) is 5.91 Å². The van der Waals surface area contributed by atoms with E-state index in [-0.39, 0.29) is 22.4 Å². The van der Waals surface area contributed by atoms with Crippen molar-refractivity contribution >= 4 is 17.2 Å². The lowest BCUT2D eigenvalue weighted by Gasteiger charge is -2.47. The van der Waals surface area contributed by atoms with E-state index in [4.69, 9.17) is 0 Å². The van der Waals surface area contributed by atoms with Crippen molar-refractivity contribution in [1.82, 2.24) is 5.32 Å². The smallest absolute Gasteiger partial charge is 0.372 e. The average Bonchev–Trinajstić information content (AvgIpc) is 2.78. The number of aliphatic hydroxyl groups is 1. The minimum absolute atomic E-state index is 0.0539. The van der Waals surface area contributed by atoms with Gasteiger partial charge in [-0.1, -0.05) is 48.6 Å². The molecule has 2 aromatic rings. The predicted molar refractivity (Wildman–Crippen MR) is 113 cm³/mol. The van der Waals surface area contributed by atoms with Crippen LogP contribution >= 0.6 is 0 Å². The summed E-state index contributed by atoms with van der Waals surface area (Å²) < 4.78 is 97.0. The number of carbonyl (C=O) groups excluding carboxylic acids is 1. The van der Waals surface area contributed by atoms with Gasteiger partial charge in [0.1, 0.15) is 11.4 Å². The minimum Gasteiger partial charge on any atom is -0.372 e. The Morgan fingerprint density at radius 2 is 1.61 bits per heavy atom. The van der Waals surface area contributed by atoms with Gasteiger partial charge in [-0.25, -0.2) is 4.39 Å². The number of nitro benzene ring substituents is 1. The number of hydrogen-bond acceptors (Lipinski definition) is 4. The lowest BCUT2D eigenvalue weighted by atomic mass is 9.72. The molecule has 1 aliphatic carbocycles. The van der Waals surface area contributed by atoms with E-state index in [9.17, 15) is 50.7 Å². The summed E-state index contributed by atoms with van der Waals surface area (Å²) in [6, 6.07) is 9.26. The Morgan fingerprint density at radius 1 is 1.03 bits per heavy atom. The maximum absolute atomic E-state index is 14.1. The minimum atomic E-state index is -6.28. The molecule has 2 aromatic carbocycles. The molecule has 1 atom stereocenters. The molecular weight excluding hydrogens is 501 g/mol. The standard InChI is InChI=1S/C23H17F7N2O4/c24-18-4-2-1-3-17(18)15-9-11-20(12-10-15,21(34,22(25,26)27)23(28,29)30)31-19(33)13-14-5-7-16(8-6-14)32(35)36/h1-11,34H,12-13H2,(H,31,33). The van der Waals surface area contributed by atoms with Crippen molar-refractivity contribution in [1.29, 1.82) is 0 Å². The Balaban J connectivity index is 2.01. The predicted octanol–water partition coefficient (Wildman–Crippen LogP) is 5.03. The molecule has 192 valence electrons. The Morgan fingerprint density at radius 3 is 2.08 bits per heavy atom. The molecule has 13 heteroatoms. The molecule has 0 aliphatic heterocycles. The van der Waals surface area contributed by atoms with Crippen LogP contribution in [0.15, 0.2) is 66.8 Å². The zero-order chi connectivity index (χ0) is 26.9. The van der Waals surface area contributed by atoms with Gasteiger partial charge in [0.15, 0.2) is 0 Å². The van der Waals surface area contributed by atoms with Crippen molar-refractivity contribution in [2.24, 2.45) is 0 Å². The molecule has 0 fully saturated rings. The second kappa shape index (κ2) is 9.37. The Bertz CT molecular complexity index is 1210. The van der Waals surface area contributed by atoms with Gasteiger partial charge in [-0.05, 0) is 23.6 Å². The van der Waals surface area contributed by atoms with Crippen LogP contribution in [-0.4, -0.2) is 39.4 Å². The number of carbonyl (C=O) groups is 1. The van der Waals surface area contributed by atoms with Crippen LogP contribution in [0.5, 0.6) is 0 Å². The van der Waals surface area contributed by atoms with E-state index in [1.165, 1.54) is 18.2 Å². The van der Waals surface area contributed by atoms with E-state index in [1.807, 2.05) is 0 Å². The quantitative estimate of drug-likeness (QED) is 0.319. The average molecular weight is 518 g/mol. The fourth-order valence-electron chi connectivity index (χ4n) is 3.87. The highest BCUT2D eigenvalue weighted by atomic mass is 19.4. The molecule has 2 N–H and O–H groups in total. The molecule has 0 radical (unpaired) electrons. The van der Waals surface area contributed by atoms with E-state index < -0.39 is 53.0 Å². The van der Waals surface area contributed by atoms with Gasteiger partial charge in [0.05, 0.1) is 11.3 Å². The number of nitro groups is 1. The molecule has 1 aliphatic rings. The van der Waals surface area contributed by atoms with Gasteiger partial charge >= 0.3 is 12.4 Å². The fourth-order valence-corrected chi connectivity index (χ4v) is 3.87. The highest BCUT2D eigenvalue weighted by Crippen LogP contribution is 2.52. The van der Waals surface area contributed by atoms with Crippen LogP contribution in [0.1, 0.15) is 17.5 Å². The summed E-state index contributed by atoms with van der Waals surface area (Å²) in [4.78, 5) is 22.6. The summed E-state index contributed by atoms with van der Waals surface area (Å²) in [6.07, 6.45) is -12.5. The van der Waals surface area contributed by atoms with Crippen molar-refractivity contribution in [3.05, 3.63) is 93.8 Å². The van der Waals surface area contributed by atoms with Crippen molar-refractivity contribution in [2.75, 3.05) is 0 Å². The number of amides is 1. The number of alkyl halides is 6. The molecule has 1 amide bonds. The number of allylic oxidation sites excluding steroid dienone is 2. The third kappa shape index (κ3) is 4.83. The number of nitrogens with zero attached hydrogens (tertiary/aromatic N) is 1. The van der Waals surface area contributed by atoms with E-state index in [2.05, 4.69) is 0 Å². The fraction of sp³-hybridized carbons (Fsp3) is 0.261. The van der Waals surface area contributed by atoms with Crippen LogP contribution in [0.25, 0.3) is 5.57 Å². The lowest BCUT2D eigenvalue weighted by molar-refractivity contribution is -0.385. The lowest BCUT2D eigenvalue weighted by Crippen LogP contribution is -2.75. The second-order valence-electron chi connectivity index (χ2n) is 8.00. The van der Waals surface area contributed by atoms with Crippen molar-refractivity contribution in [2.45, 2.75) is 36.3 Å². The maximum Gasteiger partial charge on any atom is 0.429 e. The number of hydrogen-bond donors (Lipinski definition) is 2. The van der Waals surface area contributed by atoms with E-state index in [0.29, 0.717) is 6.08 Å². The molecule has 0 saturated carbocycles. The summed E-state index contributed by atoms with van der Waals surface area (Å²) in [7, 11) is 0. The van der Waals surface area contributed by atoms with Crippen LogP contribution in [-0.2, 0) is 11.2 Å². The number of nitrogens with one attached hydrogen (secondary N) is 1. The molecule has 0 saturated heterocycles. The first kappa shape index (κ1) is 26.9. The largest absolute Gasteiger partial charge is 0.429 e. The van der Waals surface area contributed by atoms with Crippen LogP contribution in [0.2, 0.25) is 0 Å². The molecule has 0 spiro atoms. The Kier molecular flexibility index (Phi) is 6.99. The molecule has 6 nitrogen and oxygen atoms in total. The second-order valence-corrected chi connectivity index (χ2v) is 8.00. The number of rotatable bonds is 6. The first-order chi connectivity index (χ1) is 16.6. The van der Waals surface area contributed by atoms with Crippen molar-refractivity contribution in [3.8, 4) is 0 Å². The Labute approximate surface area is 198 Å². The van der Waals surface area contributed by atoms with E-state index >= 15 is 0 Å². The molecule has 0 bridgehead atoms. The highest BCUT2D eigenvalue weighted by molar-refractivity contribution is 5.82. The van der Waals surface area contributed by atoms with E-state index in [0.717, 1.165) is 42.5 Å². The monoisotopic (exact) mass is 518 g/mol. The summed E-state index contributed by atoms with van der Waals surface area (Å²) >= 11 is 0. The maximum atomic E-state index is 14.1.